The van der Waals surface area contributed by atoms with Crippen molar-refractivity contribution in [3.63, 3.8) is 0 Å². The van der Waals surface area contributed by atoms with Crippen LogP contribution in [-0.4, -0.2) is 25.4 Å². The maximum Gasteiger partial charge on any atom is 0.416 e. The first-order chi connectivity index (χ1) is 17.3. The molecule has 0 aliphatic carbocycles. The van der Waals surface area contributed by atoms with E-state index in [1.165, 1.54) is 12.1 Å². The first-order valence-corrected chi connectivity index (χ1v) is 13.1. The van der Waals surface area contributed by atoms with Crippen molar-refractivity contribution in [1.82, 2.24) is 4.90 Å². The number of urea groups is 1. The van der Waals surface area contributed by atoms with Crippen molar-refractivity contribution >= 4 is 21.8 Å². The zero-order valence-electron chi connectivity index (χ0n) is 21.0. The summed E-state index contributed by atoms with van der Waals surface area (Å²) in [6.07, 6.45) is -4.01. The molecular weight excluding hydrogens is 505 g/mol. The normalized spacial score (nSPS) is 12.6. The highest BCUT2D eigenvalue weighted by atomic mass is 32.2. The Morgan fingerprint density at radius 3 is 2.38 bits per heavy atom. The number of benzene rings is 3. The molecule has 0 fully saturated rings. The van der Waals surface area contributed by atoms with Gasteiger partial charge < -0.3 is 14.4 Å². The van der Waals surface area contributed by atoms with Gasteiger partial charge >= 0.3 is 22.3 Å². The molecule has 0 saturated carbocycles. The van der Waals surface area contributed by atoms with Gasteiger partial charge in [0.05, 0.1) is 5.56 Å². The van der Waals surface area contributed by atoms with Crippen molar-refractivity contribution in [2.45, 2.75) is 57.8 Å². The van der Waals surface area contributed by atoms with E-state index in [9.17, 15) is 26.4 Å². The highest BCUT2D eigenvalue weighted by Gasteiger charge is 2.32. The topological polar surface area (TPSA) is 75.7 Å². The molecule has 0 spiro atoms. The molecule has 0 bridgehead atoms. The van der Waals surface area contributed by atoms with Gasteiger partial charge in [0.2, 0.25) is 0 Å². The molecule has 198 valence electrons. The zero-order chi connectivity index (χ0) is 27.4. The van der Waals surface area contributed by atoms with Crippen LogP contribution in [0.1, 0.15) is 42.5 Å². The molecule has 0 heterocycles. The number of halogens is 3. The van der Waals surface area contributed by atoms with Crippen LogP contribution in [0.4, 0.5) is 23.7 Å². The number of nitrogens with zero attached hydrogens (tertiary/aromatic N) is 1. The zero-order valence-corrected chi connectivity index (χ0v) is 21.8. The smallest absolute Gasteiger partial charge is 0.379 e. The van der Waals surface area contributed by atoms with Gasteiger partial charge in [-0.2, -0.15) is 21.6 Å². The number of hydrogen-bond acceptors (Lipinski definition) is 4. The largest absolute Gasteiger partial charge is 0.416 e. The number of hydrogen-bond donors (Lipinski definition) is 1. The average molecular weight is 535 g/mol. The van der Waals surface area contributed by atoms with Crippen LogP contribution in [0.15, 0.2) is 71.6 Å². The molecule has 0 radical (unpaired) electrons. The van der Waals surface area contributed by atoms with E-state index in [2.05, 4.69) is 5.32 Å². The second kappa shape index (κ2) is 11.2. The molecule has 1 N–H and O–H groups in total. The summed E-state index contributed by atoms with van der Waals surface area (Å²) in [5.41, 5.74) is 2.18. The number of nitrogens with one attached hydrogen (secondary N) is 1. The second-order valence-electron chi connectivity index (χ2n) is 8.84. The fourth-order valence-corrected chi connectivity index (χ4v) is 4.65. The monoisotopic (exact) mass is 534 g/mol. The minimum absolute atomic E-state index is 0.0752. The van der Waals surface area contributed by atoms with Gasteiger partial charge in [-0.15, -0.1) is 0 Å². The summed E-state index contributed by atoms with van der Waals surface area (Å²) in [5, 5.41) is 2.93. The summed E-state index contributed by atoms with van der Waals surface area (Å²) in [5.74, 6) is -0.0752. The molecular formula is C27H29F3N2O4S. The number of rotatable bonds is 8. The Morgan fingerprint density at radius 2 is 1.73 bits per heavy atom. The Bertz CT molecular complexity index is 1370. The quantitative estimate of drug-likeness (QED) is 0.318. The van der Waals surface area contributed by atoms with Crippen molar-refractivity contribution in [3.05, 3.63) is 89.0 Å². The number of carbonyl (C=O) groups is 1. The van der Waals surface area contributed by atoms with Crippen molar-refractivity contribution < 1.29 is 30.6 Å². The van der Waals surface area contributed by atoms with E-state index in [1.54, 1.807) is 17.0 Å². The van der Waals surface area contributed by atoms with Crippen LogP contribution in [0.3, 0.4) is 0 Å². The van der Waals surface area contributed by atoms with Crippen LogP contribution in [-0.2, 0) is 22.8 Å². The Balaban J connectivity index is 1.81. The van der Waals surface area contributed by atoms with Gasteiger partial charge in [-0.25, -0.2) is 4.79 Å². The maximum absolute atomic E-state index is 13.2. The number of anilines is 1. The van der Waals surface area contributed by atoms with Gasteiger partial charge in [0, 0.05) is 18.3 Å². The van der Waals surface area contributed by atoms with Gasteiger partial charge in [-0.3, -0.25) is 0 Å². The minimum atomic E-state index is -4.69. The van der Waals surface area contributed by atoms with Crippen molar-refractivity contribution in [3.8, 4) is 5.75 Å². The van der Waals surface area contributed by atoms with E-state index in [0.29, 0.717) is 23.7 Å². The first kappa shape index (κ1) is 28.0. The van der Waals surface area contributed by atoms with Crippen LogP contribution in [0.25, 0.3) is 0 Å². The highest BCUT2D eigenvalue weighted by molar-refractivity contribution is 7.87. The van der Waals surface area contributed by atoms with Crippen LogP contribution in [0, 0.1) is 13.8 Å². The first-order valence-electron chi connectivity index (χ1n) is 11.7. The summed E-state index contributed by atoms with van der Waals surface area (Å²) in [6, 6.07) is 14.7. The van der Waals surface area contributed by atoms with E-state index in [-0.39, 0.29) is 24.4 Å². The fourth-order valence-electron chi connectivity index (χ4n) is 3.68. The third-order valence-corrected chi connectivity index (χ3v) is 7.16. The fraction of sp³-hybridized carbons (Fsp3) is 0.296. The molecule has 0 aliphatic rings. The summed E-state index contributed by atoms with van der Waals surface area (Å²) < 4.78 is 69.5. The number of amides is 2. The average Bonchev–Trinajstić information content (AvgIpc) is 2.83. The van der Waals surface area contributed by atoms with E-state index < -0.39 is 26.8 Å². The molecule has 10 heteroatoms. The molecule has 1 unspecified atom stereocenters. The number of carbonyl (C=O) groups excluding carboxylic acids is 1. The molecule has 0 aromatic heterocycles. The van der Waals surface area contributed by atoms with E-state index in [0.717, 1.165) is 29.3 Å². The van der Waals surface area contributed by atoms with Crippen LogP contribution in [0.2, 0.25) is 0 Å². The van der Waals surface area contributed by atoms with Crippen molar-refractivity contribution in [1.29, 1.82) is 0 Å². The Morgan fingerprint density at radius 1 is 1.03 bits per heavy atom. The number of alkyl halides is 3. The van der Waals surface area contributed by atoms with Gasteiger partial charge in [0.25, 0.3) is 0 Å². The van der Waals surface area contributed by atoms with Crippen LogP contribution in [0.5, 0.6) is 5.75 Å². The number of aryl methyl sites for hydroxylation is 2. The lowest BCUT2D eigenvalue weighted by Crippen LogP contribution is -2.40. The van der Waals surface area contributed by atoms with E-state index in [1.807, 2.05) is 45.9 Å². The second-order valence-corrected chi connectivity index (χ2v) is 10.4. The Labute approximate surface area is 215 Å². The van der Waals surface area contributed by atoms with Crippen LogP contribution < -0.4 is 9.50 Å². The Hall–Kier alpha value is -3.53. The van der Waals surface area contributed by atoms with Gasteiger partial charge in [-0.05, 0) is 74.7 Å². The van der Waals surface area contributed by atoms with Gasteiger partial charge in [0.1, 0.15) is 10.6 Å². The Kier molecular flexibility index (Phi) is 8.53. The molecule has 0 aliphatic heterocycles. The van der Waals surface area contributed by atoms with Gasteiger partial charge in [-0.1, -0.05) is 42.8 Å². The van der Waals surface area contributed by atoms with E-state index >= 15 is 0 Å². The minimum Gasteiger partial charge on any atom is -0.379 e. The van der Waals surface area contributed by atoms with Crippen molar-refractivity contribution in [2.75, 3.05) is 5.32 Å². The molecule has 3 rings (SSSR count). The lowest BCUT2D eigenvalue weighted by atomic mass is 10.1. The summed E-state index contributed by atoms with van der Waals surface area (Å²) in [4.78, 5) is 14.2. The highest BCUT2D eigenvalue weighted by Crippen LogP contribution is 2.31. The standard InChI is InChI=1S/C27H29F3N2O4S/c1-5-20(4)32(26(33)31-25-13-12-18(2)14-19(25)3)17-21-8-6-10-23(15-21)36-37(34,35)24-11-7-9-22(16-24)27(28,29)30/h6-16,20H,5,17H2,1-4H3,(H,31,33). The molecule has 2 amide bonds. The predicted octanol–water partition coefficient (Wildman–Crippen LogP) is 6.92. The molecule has 3 aromatic carbocycles. The summed E-state index contributed by atoms with van der Waals surface area (Å²) in [7, 11) is -4.52. The molecule has 3 aromatic rings. The lowest BCUT2D eigenvalue weighted by molar-refractivity contribution is -0.137. The SMILES string of the molecule is CCC(C)N(Cc1cccc(OS(=O)(=O)c2cccc(C(F)(F)F)c2)c1)C(=O)Nc1ccc(C)cc1C. The summed E-state index contributed by atoms with van der Waals surface area (Å²) >= 11 is 0. The van der Waals surface area contributed by atoms with Gasteiger partial charge in [0.15, 0.2) is 0 Å². The lowest BCUT2D eigenvalue weighted by Gasteiger charge is -2.29. The van der Waals surface area contributed by atoms with E-state index in [4.69, 9.17) is 4.18 Å². The third-order valence-electron chi connectivity index (χ3n) is 5.91. The molecule has 37 heavy (non-hydrogen) atoms. The van der Waals surface area contributed by atoms with Crippen molar-refractivity contribution in [2.24, 2.45) is 0 Å². The maximum atomic E-state index is 13.2. The third kappa shape index (κ3) is 7.25. The van der Waals surface area contributed by atoms with Crippen LogP contribution >= 0.6 is 0 Å². The molecule has 6 nitrogen and oxygen atoms in total. The molecule has 1 atom stereocenters. The molecule has 0 saturated heterocycles. The summed E-state index contributed by atoms with van der Waals surface area (Å²) in [6.45, 7) is 7.88. The predicted molar refractivity (Wildman–Crippen MR) is 136 cm³/mol.